The number of nitrogens with two attached hydrogens (primary N) is 1. The summed E-state index contributed by atoms with van der Waals surface area (Å²) < 4.78 is 6.80. The van der Waals surface area contributed by atoms with Crippen LogP contribution in [-0.4, -0.2) is 23.5 Å². The van der Waals surface area contributed by atoms with Crippen LogP contribution in [0.4, 0.5) is 5.69 Å². The Morgan fingerprint density at radius 1 is 1.53 bits per heavy atom. The fourth-order valence-electron chi connectivity index (χ4n) is 1.41. The highest BCUT2D eigenvalue weighted by Gasteiger charge is 2.04. The van der Waals surface area contributed by atoms with Crippen molar-refractivity contribution in [2.45, 2.75) is 6.54 Å². The molecule has 2 aromatic rings. The molecule has 0 bridgehead atoms. The third kappa shape index (κ3) is 2.06. The first kappa shape index (κ1) is 10.3. The largest absolute Gasteiger partial charge is 0.398 e. The fourth-order valence-corrected chi connectivity index (χ4v) is 1.57. The number of nitrogen functional groups attached to an aromatic ring is 1. The zero-order valence-corrected chi connectivity index (χ0v) is 9.16. The molecule has 5 heteroatoms. The van der Waals surface area contributed by atoms with E-state index in [9.17, 15) is 0 Å². The first-order chi connectivity index (χ1) is 7.20. The van der Waals surface area contributed by atoms with E-state index in [1.165, 1.54) is 0 Å². The van der Waals surface area contributed by atoms with E-state index in [1.807, 2.05) is 16.9 Å². The number of methoxy groups -OCH3 is 1. The van der Waals surface area contributed by atoms with Gasteiger partial charge in [-0.2, -0.15) is 5.10 Å². The van der Waals surface area contributed by atoms with Crippen LogP contribution in [0.25, 0.3) is 10.9 Å². The monoisotopic (exact) mass is 225 g/mol. The lowest BCUT2D eigenvalue weighted by molar-refractivity contribution is 0.184. The molecule has 0 spiro atoms. The molecule has 0 fully saturated rings. The second-order valence-electron chi connectivity index (χ2n) is 3.32. The molecule has 0 saturated heterocycles. The van der Waals surface area contributed by atoms with Gasteiger partial charge < -0.3 is 10.5 Å². The van der Waals surface area contributed by atoms with E-state index < -0.39 is 0 Å². The van der Waals surface area contributed by atoms with E-state index in [0.717, 1.165) is 17.4 Å². The highest BCUT2D eigenvalue weighted by Crippen LogP contribution is 2.24. The lowest BCUT2D eigenvalue weighted by Gasteiger charge is -1.97. The minimum atomic E-state index is 0.541. The summed E-state index contributed by atoms with van der Waals surface area (Å²) in [6, 6.07) is 3.60. The second-order valence-corrected chi connectivity index (χ2v) is 3.72. The Kier molecular flexibility index (Phi) is 2.79. The predicted octanol–water partition coefficient (Wildman–Crippen LogP) is 1.92. The van der Waals surface area contributed by atoms with Gasteiger partial charge in [0.1, 0.15) is 0 Å². The first-order valence-corrected chi connectivity index (χ1v) is 4.99. The van der Waals surface area contributed by atoms with Crippen molar-refractivity contribution in [3.63, 3.8) is 0 Å². The topological polar surface area (TPSA) is 53.1 Å². The molecule has 0 radical (unpaired) electrons. The SMILES string of the molecule is COCCn1cc2cc(N)c(Cl)cc2n1. The van der Waals surface area contributed by atoms with Gasteiger partial charge in [0, 0.05) is 18.7 Å². The van der Waals surface area contributed by atoms with Crippen molar-refractivity contribution >= 4 is 28.2 Å². The number of halogens is 1. The van der Waals surface area contributed by atoms with Gasteiger partial charge in [-0.1, -0.05) is 11.6 Å². The van der Waals surface area contributed by atoms with Crippen molar-refractivity contribution in [3.05, 3.63) is 23.4 Å². The molecule has 1 aromatic carbocycles. The molecular formula is C10H12ClN3O. The zero-order chi connectivity index (χ0) is 10.8. The van der Waals surface area contributed by atoms with Crippen LogP contribution < -0.4 is 5.73 Å². The average Bonchev–Trinajstić information content (AvgIpc) is 2.58. The van der Waals surface area contributed by atoms with E-state index in [1.54, 1.807) is 13.2 Å². The van der Waals surface area contributed by atoms with Gasteiger partial charge in [0.15, 0.2) is 0 Å². The molecule has 0 aliphatic carbocycles. The minimum absolute atomic E-state index is 0.541. The van der Waals surface area contributed by atoms with Gasteiger partial charge >= 0.3 is 0 Å². The summed E-state index contributed by atoms with van der Waals surface area (Å²) in [6.45, 7) is 1.36. The van der Waals surface area contributed by atoms with Gasteiger partial charge in [-0.05, 0) is 12.1 Å². The van der Waals surface area contributed by atoms with Crippen LogP contribution in [0.5, 0.6) is 0 Å². The molecule has 15 heavy (non-hydrogen) atoms. The van der Waals surface area contributed by atoms with Crippen LogP contribution >= 0.6 is 11.6 Å². The molecule has 0 unspecified atom stereocenters. The number of rotatable bonds is 3. The minimum Gasteiger partial charge on any atom is -0.398 e. The van der Waals surface area contributed by atoms with Crippen LogP contribution in [0.3, 0.4) is 0 Å². The second kappa shape index (κ2) is 4.08. The summed E-state index contributed by atoms with van der Waals surface area (Å²) in [7, 11) is 1.66. The normalized spacial score (nSPS) is 11.1. The maximum Gasteiger partial charge on any atom is 0.0939 e. The number of ether oxygens (including phenoxy) is 1. The summed E-state index contributed by atoms with van der Waals surface area (Å²) in [4.78, 5) is 0. The molecule has 0 aliphatic rings. The number of aromatic nitrogens is 2. The van der Waals surface area contributed by atoms with E-state index in [4.69, 9.17) is 22.1 Å². The van der Waals surface area contributed by atoms with Crippen molar-refractivity contribution in [1.29, 1.82) is 0 Å². The summed E-state index contributed by atoms with van der Waals surface area (Å²) >= 11 is 5.90. The smallest absolute Gasteiger partial charge is 0.0939 e. The number of benzene rings is 1. The Hall–Kier alpha value is -1.26. The van der Waals surface area contributed by atoms with Crippen molar-refractivity contribution in [3.8, 4) is 0 Å². The van der Waals surface area contributed by atoms with Gasteiger partial charge in [-0.15, -0.1) is 0 Å². The number of fused-ring (bicyclic) bond motifs is 1. The third-order valence-electron chi connectivity index (χ3n) is 2.19. The molecule has 0 saturated carbocycles. The fraction of sp³-hybridized carbons (Fsp3) is 0.300. The van der Waals surface area contributed by atoms with Crippen LogP contribution in [0, 0.1) is 0 Å². The van der Waals surface area contributed by atoms with E-state index in [-0.39, 0.29) is 0 Å². The lowest BCUT2D eigenvalue weighted by atomic mass is 10.2. The van der Waals surface area contributed by atoms with Gasteiger partial charge in [0.25, 0.3) is 0 Å². The maximum atomic E-state index is 5.90. The lowest BCUT2D eigenvalue weighted by Crippen LogP contribution is -2.03. The van der Waals surface area contributed by atoms with E-state index in [2.05, 4.69) is 5.10 Å². The quantitative estimate of drug-likeness (QED) is 0.812. The van der Waals surface area contributed by atoms with E-state index in [0.29, 0.717) is 17.3 Å². The van der Waals surface area contributed by atoms with Gasteiger partial charge in [0.2, 0.25) is 0 Å². The third-order valence-corrected chi connectivity index (χ3v) is 2.52. The molecule has 2 N–H and O–H groups in total. The molecule has 1 heterocycles. The van der Waals surface area contributed by atoms with Gasteiger partial charge in [-0.3, -0.25) is 4.68 Å². The number of nitrogens with zero attached hydrogens (tertiary/aromatic N) is 2. The Labute approximate surface area is 92.6 Å². The number of hydrogen-bond donors (Lipinski definition) is 1. The molecule has 80 valence electrons. The van der Waals surface area contributed by atoms with E-state index >= 15 is 0 Å². The van der Waals surface area contributed by atoms with Crippen molar-refractivity contribution in [2.24, 2.45) is 0 Å². The zero-order valence-electron chi connectivity index (χ0n) is 8.40. The van der Waals surface area contributed by atoms with Gasteiger partial charge in [-0.25, -0.2) is 0 Å². The average molecular weight is 226 g/mol. The Morgan fingerprint density at radius 3 is 3.07 bits per heavy atom. The highest BCUT2D eigenvalue weighted by molar-refractivity contribution is 6.33. The molecule has 2 rings (SSSR count). The highest BCUT2D eigenvalue weighted by atomic mass is 35.5. The van der Waals surface area contributed by atoms with Crippen LogP contribution in [0.2, 0.25) is 5.02 Å². The van der Waals surface area contributed by atoms with Crippen LogP contribution in [0.15, 0.2) is 18.3 Å². The Bertz CT molecular complexity index is 442. The molecule has 0 atom stereocenters. The summed E-state index contributed by atoms with van der Waals surface area (Å²) in [5.74, 6) is 0. The Morgan fingerprint density at radius 2 is 2.33 bits per heavy atom. The van der Waals surface area contributed by atoms with Gasteiger partial charge in [0.05, 0.1) is 29.4 Å². The first-order valence-electron chi connectivity index (χ1n) is 4.62. The molecule has 4 nitrogen and oxygen atoms in total. The Balaban J connectivity index is 2.38. The predicted molar refractivity (Wildman–Crippen MR) is 61.0 cm³/mol. The maximum absolute atomic E-state index is 5.90. The summed E-state index contributed by atoms with van der Waals surface area (Å²) in [5, 5.41) is 5.88. The standard InChI is InChI=1S/C10H12ClN3O/c1-15-3-2-14-6-7-4-9(12)8(11)5-10(7)13-14/h4-6H,2-3,12H2,1H3. The molecule has 0 aliphatic heterocycles. The van der Waals surface area contributed by atoms with Crippen molar-refractivity contribution in [2.75, 3.05) is 19.5 Å². The van der Waals surface area contributed by atoms with Crippen molar-refractivity contribution < 1.29 is 4.74 Å². The van der Waals surface area contributed by atoms with Crippen LogP contribution in [-0.2, 0) is 11.3 Å². The number of hydrogen-bond acceptors (Lipinski definition) is 3. The summed E-state index contributed by atoms with van der Waals surface area (Å²) in [5.41, 5.74) is 7.13. The molecule has 0 amide bonds. The summed E-state index contributed by atoms with van der Waals surface area (Å²) in [6.07, 6.45) is 1.93. The molecule has 1 aromatic heterocycles. The van der Waals surface area contributed by atoms with Crippen LogP contribution in [0.1, 0.15) is 0 Å². The number of anilines is 1. The van der Waals surface area contributed by atoms with Crippen molar-refractivity contribution in [1.82, 2.24) is 9.78 Å². The molecular weight excluding hydrogens is 214 g/mol.